The van der Waals surface area contributed by atoms with Crippen molar-refractivity contribution in [3.05, 3.63) is 218 Å². The standard InChI is InChI=1S/C62H53N3O/c1-61(2,3)50-39-53(59(66)54(40-50)62(4,5)6)60-64-58-52(26-18-28-57(58)65(60)56-27-17-16-25-51(56)45-23-14-9-15-24-45)48-35-47(44-31-29-43(30-32-44)41-19-10-7-11-20-41)36-49(37-48)55-38-46(33-34-63-55)42-21-12-8-13-22-42/h7-40,66H,1-6H3. The number of para-hydroxylation sites is 2. The summed E-state index contributed by atoms with van der Waals surface area (Å²) in [6.45, 7) is 13.2. The van der Waals surface area contributed by atoms with Crippen molar-refractivity contribution in [3.63, 3.8) is 0 Å². The van der Waals surface area contributed by atoms with E-state index in [2.05, 4.69) is 234 Å². The number of aromatic nitrogens is 3. The number of fused-ring (bicyclic) bond motifs is 1. The second-order valence-corrected chi connectivity index (χ2v) is 19.3. The fraction of sp³-hybridized carbons (Fsp3) is 0.129. The molecule has 0 spiro atoms. The maximum absolute atomic E-state index is 12.5. The number of nitrogens with zero attached hydrogens (tertiary/aromatic N) is 3. The molecule has 322 valence electrons. The van der Waals surface area contributed by atoms with Crippen LogP contribution >= 0.6 is 0 Å². The van der Waals surface area contributed by atoms with E-state index in [4.69, 9.17) is 9.97 Å². The summed E-state index contributed by atoms with van der Waals surface area (Å²) in [7, 11) is 0. The maximum atomic E-state index is 12.5. The van der Waals surface area contributed by atoms with Gasteiger partial charge in [0.2, 0.25) is 0 Å². The van der Waals surface area contributed by atoms with Gasteiger partial charge in [-0.15, -0.1) is 0 Å². The first kappa shape index (κ1) is 42.1. The molecule has 10 rings (SSSR count). The highest BCUT2D eigenvalue weighted by atomic mass is 16.3. The van der Waals surface area contributed by atoms with E-state index in [9.17, 15) is 5.11 Å². The first-order valence-corrected chi connectivity index (χ1v) is 22.8. The average Bonchev–Trinajstić information content (AvgIpc) is 3.73. The third kappa shape index (κ3) is 8.12. The lowest BCUT2D eigenvalue weighted by Crippen LogP contribution is -2.17. The van der Waals surface area contributed by atoms with Crippen LogP contribution < -0.4 is 0 Å². The first-order chi connectivity index (χ1) is 31.9. The van der Waals surface area contributed by atoms with Crippen LogP contribution in [0.3, 0.4) is 0 Å². The van der Waals surface area contributed by atoms with E-state index >= 15 is 0 Å². The normalized spacial score (nSPS) is 11.8. The Bertz CT molecular complexity index is 3350. The van der Waals surface area contributed by atoms with Crippen LogP contribution in [0.4, 0.5) is 0 Å². The van der Waals surface area contributed by atoms with Gasteiger partial charge in [-0.2, -0.15) is 0 Å². The lowest BCUT2D eigenvalue weighted by atomic mass is 9.79. The Morgan fingerprint density at radius 3 is 1.61 bits per heavy atom. The van der Waals surface area contributed by atoms with Crippen LogP contribution in [0, 0.1) is 0 Å². The quantitative estimate of drug-likeness (QED) is 0.166. The van der Waals surface area contributed by atoms with Crippen LogP contribution in [0.25, 0.3) is 95.0 Å². The molecule has 10 aromatic rings. The molecule has 0 fully saturated rings. The fourth-order valence-corrected chi connectivity index (χ4v) is 9.08. The number of aromatic hydroxyl groups is 1. The van der Waals surface area contributed by atoms with E-state index in [0.29, 0.717) is 11.4 Å². The Morgan fingerprint density at radius 1 is 0.409 bits per heavy atom. The molecule has 1 N–H and O–H groups in total. The van der Waals surface area contributed by atoms with E-state index in [0.717, 1.165) is 83.6 Å². The Morgan fingerprint density at radius 2 is 0.955 bits per heavy atom. The Hall–Kier alpha value is -7.82. The number of pyridine rings is 1. The van der Waals surface area contributed by atoms with E-state index in [-0.39, 0.29) is 16.6 Å². The largest absolute Gasteiger partial charge is 0.507 e. The predicted molar refractivity (Wildman–Crippen MR) is 276 cm³/mol. The van der Waals surface area contributed by atoms with Crippen molar-refractivity contribution in [1.29, 1.82) is 0 Å². The molecule has 4 nitrogen and oxygen atoms in total. The minimum atomic E-state index is -0.327. The molecule has 0 saturated heterocycles. The van der Waals surface area contributed by atoms with Crippen molar-refractivity contribution in [3.8, 4) is 89.7 Å². The number of hydrogen-bond donors (Lipinski definition) is 1. The molecule has 0 atom stereocenters. The zero-order valence-electron chi connectivity index (χ0n) is 38.4. The molecular weight excluding hydrogens is 803 g/mol. The molecule has 0 aliphatic carbocycles. The van der Waals surface area contributed by atoms with Gasteiger partial charge >= 0.3 is 0 Å². The number of benzene rings is 8. The smallest absolute Gasteiger partial charge is 0.149 e. The summed E-state index contributed by atoms with van der Waals surface area (Å²) in [5, 5.41) is 12.5. The van der Waals surface area contributed by atoms with Crippen molar-refractivity contribution in [2.75, 3.05) is 0 Å². The van der Waals surface area contributed by atoms with Gasteiger partial charge in [0.1, 0.15) is 11.6 Å². The number of phenols is 1. The van der Waals surface area contributed by atoms with Gasteiger partial charge in [0.05, 0.1) is 28.0 Å². The van der Waals surface area contributed by atoms with Crippen molar-refractivity contribution in [2.24, 2.45) is 0 Å². The van der Waals surface area contributed by atoms with Gasteiger partial charge in [-0.1, -0.05) is 193 Å². The zero-order chi connectivity index (χ0) is 45.6. The summed E-state index contributed by atoms with van der Waals surface area (Å²) in [6, 6.07) is 70.6. The van der Waals surface area contributed by atoms with Crippen LogP contribution in [0.5, 0.6) is 5.75 Å². The molecule has 0 unspecified atom stereocenters. The molecule has 0 amide bonds. The van der Waals surface area contributed by atoms with Gasteiger partial charge in [-0.25, -0.2) is 4.98 Å². The third-order valence-electron chi connectivity index (χ3n) is 12.7. The first-order valence-electron chi connectivity index (χ1n) is 22.8. The minimum absolute atomic E-state index is 0.186. The number of hydrogen-bond acceptors (Lipinski definition) is 3. The molecule has 66 heavy (non-hydrogen) atoms. The predicted octanol–water partition coefficient (Wildman–Crippen LogP) is 16.4. The summed E-state index contributed by atoms with van der Waals surface area (Å²) >= 11 is 0. The molecule has 0 saturated carbocycles. The molecule has 2 heterocycles. The van der Waals surface area contributed by atoms with Gasteiger partial charge in [0, 0.05) is 28.5 Å². The minimum Gasteiger partial charge on any atom is -0.507 e. The SMILES string of the molecule is CC(C)(C)c1cc(-c2nc3c(-c4cc(-c5ccc(-c6ccccc6)cc5)cc(-c5cc(-c6ccccc6)ccn5)c4)cccc3n2-c2ccccc2-c2ccccc2)c(O)c(C(C)(C)C)c1. The van der Waals surface area contributed by atoms with Crippen molar-refractivity contribution >= 4 is 11.0 Å². The van der Waals surface area contributed by atoms with Gasteiger partial charge in [0.25, 0.3) is 0 Å². The number of rotatable bonds is 8. The second kappa shape index (κ2) is 17.0. The van der Waals surface area contributed by atoms with E-state index < -0.39 is 0 Å². The van der Waals surface area contributed by atoms with Crippen LogP contribution in [-0.2, 0) is 10.8 Å². The third-order valence-corrected chi connectivity index (χ3v) is 12.7. The van der Waals surface area contributed by atoms with Crippen LogP contribution in [-0.4, -0.2) is 19.6 Å². The number of imidazole rings is 1. The fourth-order valence-electron chi connectivity index (χ4n) is 9.08. The molecule has 8 aromatic carbocycles. The van der Waals surface area contributed by atoms with Crippen molar-refractivity contribution in [1.82, 2.24) is 14.5 Å². The van der Waals surface area contributed by atoms with Gasteiger partial charge < -0.3 is 5.11 Å². The average molecular weight is 856 g/mol. The van der Waals surface area contributed by atoms with Gasteiger partial charge in [-0.3, -0.25) is 9.55 Å². The van der Waals surface area contributed by atoms with E-state index in [1.807, 2.05) is 18.3 Å². The van der Waals surface area contributed by atoms with Crippen molar-refractivity contribution < 1.29 is 5.11 Å². The highest BCUT2D eigenvalue weighted by Crippen LogP contribution is 2.46. The molecule has 2 aromatic heterocycles. The molecule has 0 aliphatic rings. The summed E-state index contributed by atoms with van der Waals surface area (Å²) in [6.07, 6.45) is 1.90. The second-order valence-electron chi connectivity index (χ2n) is 19.3. The molecular formula is C62H53N3O. The monoisotopic (exact) mass is 855 g/mol. The topological polar surface area (TPSA) is 50.9 Å². The molecule has 0 aliphatic heterocycles. The summed E-state index contributed by atoms with van der Waals surface area (Å²) in [5.74, 6) is 0.929. The van der Waals surface area contributed by atoms with E-state index in [1.54, 1.807) is 0 Å². The highest BCUT2D eigenvalue weighted by molar-refractivity contribution is 5.98. The van der Waals surface area contributed by atoms with Crippen molar-refractivity contribution in [2.45, 2.75) is 52.4 Å². The number of phenolic OH excluding ortho intramolecular Hbond substituents is 1. The van der Waals surface area contributed by atoms with Crippen LogP contribution in [0.2, 0.25) is 0 Å². The van der Waals surface area contributed by atoms with E-state index in [1.165, 1.54) is 11.1 Å². The summed E-state index contributed by atoms with van der Waals surface area (Å²) in [4.78, 5) is 10.6. The molecule has 4 heteroatoms. The van der Waals surface area contributed by atoms with Crippen LogP contribution in [0.1, 0.15) is 52.7 Å². The summed E-state index contributed by atoms with van der Waals surface area (Å²) < 4.78 is 2.26. The lowest BCUT2D eigenvalue weighted by molar-refractivity contribution is 0.446. The van der Waals surface area contributed by atoms with Gasteiger partial charge in [0.15, 0.2) is 0 Å². The summed E-state index contributed by atoms with van der Waals surface area (Å²) in [5.41, 5.74) is 17.8. The van der Waals surface area contributed by atoms with Crippen LogP contribution in [0.15, 0.2) is 206 Å². The maximum Gasteiger partial charge on any atom is 0.149 e. The Balaban J connectivity index is 1.24. The molecule has 0 bridgehead atoms. The Labute approximate surface area is 388 Å². The lowest BCUT2D eigenvalue weighted by Gasteiger charge is -2.27. The zero-order valence-corrected chi connectivity index (χ0v) is 38.4. The van der Waals surface area contributed by atoms with Gasteiger partial charge in [-0.05, 0) is 109 Å². The highest BCUT2D eigenvalue weighted by Gasteiger charge is 2.29. The molecule has 0 radical (unpaired) electrons. The Kier molecular flexibility index (Phi) is 10.8.